The van der Waals surface area contributed by atoms with Crippen molar-refractivity contribution in [3.05, 3.63) is 0 Å². The second-order valence-electron chi connectivity index (χ2n) is 5.09. The number of ether oxygens (including phenoxy) is 1. The number of carbonyl (C=O) groups excluding carboxylic acids is 1. The van der Waals surface area contributed by atoms with E-state index in [1.807, 2.05) is 11.8 Å². The van der Waals surface area contributed by atoms with Gasteiger partial charge in [0.15, 0.2) is 0 Å². The first kappa shape index (κ1) is 17.4. The van der Waals surface area contributed by atoms with Crippen LogP contribution >= 0.6 is 0 Å². The van der Waals surface area contributed by atoms with Crippen LogP contribution in [0, 0.1) is 11.8 Å². The van der Waals surface area contributed by atoms with Crippen molar-refractivity contribution in [2.24, 2.45) is 17.6 Å². The molecule has 0 aliphatic carbocycles. The molecule has 0 bridgehead atoms. The molecule has 2 N–H and O–H groups in total. The molecular formula is C14H30N2O2. The number of hydrogen-bond acceptors (Lipinski definition) is 3. The van der Waals surface area contributed by atoms with Crippen LogP contribution < -0.4 is 5.73 Å². The second kappa shape index (κ2) is 10.3. The van der Waals surface area contributed by atoms with E-state index in [0.717, 1.165) is 19.4 Å². The molecule has 4 nitrogen and oxygen atoms in total. The largest absolute Gasteiger partial charge is 0.383 e. The molecular weight excluding hydrogens is 228 g/mol. The van der Waals surface area contributed by atoms with Gasteiger partial charge in [-0.1, -0.05) is 13.8 Å². The van der Waals surface area contributed by atoms with Gasteiger partial charge in [0.2, 0.25) is 5.91 Å². The van der Waals surface area contributed by atoms with Crippen LogP contribution in [0.25, 0.3) is 0 Å². The lowest BCUT2D eigenvalue weighted by atomic mass is 9.88. The Balaban J connectivity index is 4.11. The normalized spacial score (nSPS) is 12.8. The standard InChI is InChI=1S/C14H30N2O2/c1-5-16(10-11-18-4)14(17)7-6-13(8-9-15)12(2)3/h12-13H,5-11,15H2,1-4H3. The highest BCUT2D eigenvalue weighted by molar-refractivity contribution is 5.76. The van der Waals surface area contributed by atoms with Gasteiger partial charge in [-0.25, -0.2) is 0 Å². The van der Waals surface area contributed by atoms with Crippen molar-refractivity contribution in [2.45, 2.75) is 40.0 Å². The predicted octanol–water partition coefficient (Wildman–Crippen LogP) is 1.88. The van der Waals surface area contributed by atoms with Gasteiger partial charge in [0.05, 0.1) is 6.61 Å². The first-order chi connectivity index (χ1) is 8.56. The molecule has 1 unspecified atom stereocenters. The third-order valence-electron chi connectivity index (χ3n) is 3.51. The fourth-order valence-electron chi connectivity index (χ4n) is 2.15. The van der Waals surface area contributed by atoms with E-state index in [-0.39, 0.29) is 5.91 Å². The minimum Gasteiger partial charge on any atom is -0.383 e. The van der Waals surface area contributed by atoms with Crippen molar-refractivity contribution in [2.75, 3.05) is 33.4 Å². The van der Waals surface area contributed by atoms with Crippen molar-refractivity contribution in [3.63, 3.8) is 0 Å². The van der Waals surface area contributed by atoms with Crippen LogP contribution in [0.15, 0.2) is 0 Å². The molecule has 1 amide bonds. The molecule has 1 atom stereocenters. The van der Waals surface area contributed by atoms with Gasteiger partial charge in [-0.2, -0.15) is 0 Å². The highest BCUT2D eigenvalue weighted by atomic mass is 16.5. The summed E-state index contributed by atoms with van der Waals surface area (Å²) in [6, 6.07) is 0. The molecule has 0 aromatic heterocycles. The molecule has 0 heterocycles. The molecule has 108 valence electrons. The van der Waals surface area contributed by atoms with Crippen molar-refractivity contribution in [1.82, 2.24) is 4.90 Å². The van der Waals surface area contributed by atoms with E-state index in [0.29, 0.717) is 38.0 Å². The Morgan fingerprint density at radius 1 is 1.33 bits per heavy atom. The molecule has 0 spiro atoms. The Bertz CT molecular complexity index is 220. The highest BCUT2D eigenvalue weighted by Crippen LogP contribution is 2.20. The number of carbonyl (C=O) groups is 1. The number of hydrogen-bond donors (Lipinski definition) is 1. The third-order valence-corrected chi connectivity index (χ3v) is 3.51. The van der Waals surface area contributed by atoms with E-state index < -0.39 is 0 Å². The number of methoxy groups -OCH3 is 1. The van der Waals surface area contributed by atoms with Gasteiger partial charge in [0.25, 0.3) is 0 Å². The topological polar surface area (TPSA) is 55.6 Å². The van der Waals surface area contributed by atoms with Crippen LogP contribution in [0.1, 0.15) is 40.0 Å². The summed E-state index contributed by atoms with van der Waals surface area (Å²) in [5.41, 5.74) is 5.61. The number of nitrogens with zero attached hydrogens (tertiary/aromatic N) is 1. The van der Waals surface area contributed by atoms with Crippen LogP contribution in [0.4, 0.5) is 0 Å². The smallest absolute Gasteiger partial charge is 0.222 e. The zero-order valence-electron chi connectivity index (χ0n) is 12.4. The molecule has 0 radical (unpaired) electrons. The summed E-state index contributed by atoms with van der Waals surface area (Å²) in [5.74, 6) is 1.38. The first-order valence-corrected chi connectivity index (χ1v) is 7.03. The Morgan fingerprint density at radius 2 is 2.00 bits per heavy atom. The lowest BCUT2D eigenvalue weighted by Gasteiger charge is -2.23. The Kier molecular flexibility index (Phi) is 9.98. The van der Waals surface area contributed by atoms with E-state index in [9.17, 15) is 4.79 Å². The first-order valence-electron chi connectivity index (χ1n) is 7.03. The highest BCUT2D eigenvalue weighted by Gasteiger charge is 2.17. The molecule has 0 saturated carbocycles. The van der Waals surface area contributed by atoms with Gasteiger partial charge >= 0.3 is 0 Å². The maximum Gasteiger partial charge on any atom is 0.222 e. The van der Waals surface area contributed by atoms with E-state index >= 15 is 0 Å². The number of amides is 1. The van der Waals surface area contributed by atoms with Gasteiger partial charge in [-0.15, -0.1) is 0 Å². The summed E-state index contributed by atoms with van der Waals surface area (Å²) in [4.78, 5) is 13.9. The third kappa shape index (κ3) is 6.97. The van der Waals surface area contributed by atoms with Gasteiger partial charge in [0.1, 0.15) is 0 Å². The Labute approximate surface area is 112 Å². The summed E-state index contributed by atoms with van der Waals surface area (Å²) < 4.78 is 5.02. The predicted molar refractivity (Wildman–Crippen MR) is 75.4 cm³/mol. The Morgan fingerprint density at radius 3 is 2.44 bits per heavy atom. The zero-order chi connectivity index (χ0) is 14.0. The Hall–Kier alpha value is -0.610. The summed E-state index contributed by atoms with van der Waals surface area (Å²) in [5, 5.41) is 0. The van der Waals surface area contributed by atoms with E-state index in [2.05, 4.69) is 13.8 Å². The van der Waals surface area contributed by atoms with Gasteiger partial charge in [-0.3, -0.25) is 4.79 Å². The lowest BCUT2D eigenvalue weighted by Crippen LogP contribution is -2.34. The van der Waals surface area contributed by atoms with E-state index in [1.54, 1.807) is 7.11 Å². The average molecular weight is 258 g/mol. The number of rotatable bonds is 10. The fourth-order valence-corrected chi connectivity index (χ4v) is 2.15. The van der Waals surface area contributed by atoms with Crippen molar-refractivity contribution in [1.29, 1.82) is 0 Å². The molecule has 4 heteroatoms. The quantitative estimate of drug-likeness (QED) is 0.651. The van der Waals surface area contributed by atoms with Gasteiger partial charge < -0.3 is 15.4 Å². The summed E-state index contributed by atoms with van der Waals surface area (Å²) >= 11 is 0. The van der Waals surface area contributed by atoms with Crippen molar-refractivity contribution >= 4 is 5.91 Å². The van der Waals surface area contributed by atoms with E-state index in [4.69, 9.17) is 10.5 Å². The molecule has 0 aromatic rings. The molecule has 0 saturated heterocycles. The molecule has 18 heavy (non-hydrogen) atoms. The molecule has 0 rings (SSSR count). The lowest BCUT2D eigenvalue weighted by molar-refractivity contribution is -0.132. The fraction of sp³-hybridized carbons (Fsp3) is 0.929. The maximum atomic E-state index is 12.1. The van der Waals surface area contributed by atoms with Crippen LogP contribution in [-0.4, -0.2) is 44.2 Å². The van der Waals surface area contributed by atoms with Crippen molar-refractivity contribution in [3.8, 4) is 0 Å². The summed E-state index contributed by atoms with van der Waals surface area (Å²) in [6.07, 6.45) is 2.58. The zero-order valence-corrected chi connectivity index (χ0v) is 12.4. The number of nitrogens with two attached hydrogens (primary N) is 1. The minimum atomic E-state index is 0.234. The molecule has 0 aromatic carbocycles. The van der Waals surface area contributed by atoms with Gasteiger partial charge in [0, 0.05) is 26.6 Å². The van der Waals surface area contributed by atoms with Crippen LogP contribution in [-0.2, 0) is 9.53 Å². The number of likely N-dealkylation sites (N-methyl/N-ethyl adjacent to an activating group) is 1. The molecule has 0 fully saturated rings. The summed E-state index contributed by atoms with van der Waals surface area (Å²) in [6.45, 7) is 9.17. The molecule has 0 aliphatic heterocycles. The van der Waals surface area contributed by atoms with E-state index in [1.165, 1.54) is 0 Å². The monoisotopic (exact) mass is 258 g/mol. The average Bonchev–Trinajstić information content (AvgIpc) is 2.34. The second-order valence-corrected chi connectivity index (χ2v) is 5.09. The van der Waals surface area contributed by atoms with Crippen LogP contribution in [0.5, 0.6) is 0 Å². The molecule has 0 aliphatic rings. The van der Waals surface area contributed by atoms with Crippen LogP contribution in [0.2, 0.25) is 0 Å². The van der Waals surface area contributed by atoms with Crippen molar-refractivity contribution < 1.29 is 9.53 Å². The maximum absolute atomic E-state index is 12.1. The minimum absolute atomic E-state index is 0.234. The van der Waals surface area contributed by atoms with Gasteiger partial charge in [-0.05, 0) is 38.1 Å². The van der Waals surface area contributed by atoms with Crippen LogP contribution in [0.3, 0.4) is 0 Å². The SMILES string of the molecule is CCN(CCOC)C(=O)CCC(CCN)C(C)C. The summed E-state index contributed by atoms with van der Waals surface area (Å²) in [7, 11) is 1.66.